The summed E-state index contributed by atoms with van der Waals surface area (Å²) in [5.74, 6) is 0.910. The monoisotopic (exact) mass is 412 g/mol. The van der Waals surface area contributed by atoms with E-state index in [2.05, 4.69) is 21.6 Å². The zero-order chi connectivity index (χ0) is 20.4. The topological polar surface area (TPSA) is 85.9 Å². The molecule has 1 aromatic carbocycles. The zero-order valence-electron chi connectivity index (χ0n) is 16.6. The highest BCUT2D eigenvalue weighted by Gasteiger charge is 2.30. The van der Waals surface area contributed by atoms with Gasteiger partial charge in [0.05, 0.1) is 11.4 Å². The summed E-state index contributed by atoms with van der Waals surface area (Å²) in [4.78, 5) is 28.1. The molecule has 1 saturated heterocycles. The van der Waals surface area contributed by atoms with Crippen LogP contribution in [-0.2, 0) is 13.5 Å². The summed E-state index contributed by atoms with van der Waals surface area (Å²) in [5, 5.41) is 8.63. The molecule has 1 fully saturated rings. The molecule has 0 saturated carbocycles. The van der Waals surface area contributed by atoms with Gasteiger partial charge >= 0.3 is 5.69 Å². The fraction of sp³-hybridized carbons (Fsp3) is 0.450. The lowest BCUT2D eigenvalue weighted by atomic mass is 9.95. The van der Waals surface area contributed by atoms with Gasteiger partial charge in [0.25, 0.3) is 5.91 Å². The maximum Gasteiger partial charge on any atom is 0.350 e. The summed E-state index contributed by atoms with van der Waals surface area (Å²) in [5.41, 5.74) is 1.47. The van der Waals surface area contributed by atoms with Gasteiger partial charge in [-0.1, -0.05) is 36.0 Å². The van der Waals surface area contributed by atoms with E-state index in [0.717, 1.165) is 42.9 Å². The molecule has 0 atom stereocenters. The molecule has 0 bridgehead atoms. The SMILES string of the molecule is CCCc1nnsc1C(=O)N1CCC(c2nn(C)c(=O)n2-c2ccccc2)CC1. The largest absolute Gasteiger partial charge is 0.350 e. The highest BCUT2D eigenvalue weighted by atomic mass is 32.1. The minimum atomic E-state index is -0.148. The van der Waals surface area contributed by atoms with Crippen molar-refractivity contribution in [1.29, 1.82) is 0 Å². The first-order chi connectivity index (χ1) is 14.1. The van der Waals surface area contributed by atoms with Crippen LogP contribution in [0.15, 0.2) is 35.1 Å². The molecule has 0 spiro atoms. The fourth-order valence-electron chi connectivity index (χ4n) is 3.82. The van der Waals surface area contributed by atoms with E-state index in [1.54, 1.807) is 11.6 Å². The third-order valence-electron chi connectivity index (χ3n) is 5.35. The van der Waals surface area contributed by atoms with Gasteiger partial charge in [-0.25, -0.2) is 14.0 Å². The molecule has 1 aliphatic rings. The van der Waals surface area contributed by atoms with Crippen LogP contribution in [0.4, 0.5) is 0 Å². The van der Waals surface area contributed by atoms with Crippen LogP contribution < -0.4 is 5.69 Å². The Morgan fingerprint density at radius 1 is 1.21 bits per heavy atom. The van der Waals surface area contributed by atoms with Crippen molar-refractivity contribution in [2.45, 2.75) is 38.5 Å². The summed E-state index contributed by atoms with van der Waals surface area (Å²) < 4.78 is 7.05. The van der Waals surface area contributed by atoms with Gasteiger partial charge in [-0.2, -0.15) is 5.10 Å². The molecule has 152 valence electrons. The molecule has 29 heavy (non-hydrogen) atoms. The number of hydrogen-bond donors (Lipinski definition) is 0. The molecular weight excluding hydrogens is 388 g/mol. The average molecular weight is 413 g/mol. The van der Waals surface area contributed by atoms with Crippen molar-refractivity contribution in [3.8, 4) is 5.69 Å². The Hall–Kier alpha value is -2.81. The van der Waals surface area contributed by atoms with Crippen molar-refractivity contribution in [1.82, 2.24) is 28.8 Å². The molecule has 9 heteroatoms. The second-order valence-electron chi connectivity index (χ2n) is 7.30. The molecule has 2 aromatic heterocycles. The van der Waals surface area contributed by atoms with Crippen LogP contribution >= 0.6 is 11.5 Å². The van der Waals surface area contributed by atoms with E-state index in [9.17, 15) is 9.59 Å². The second kappa shape index (κ2) is 8.28. The fourth-order valence-corrected chi connectivity index (χ4v) is 4.50. The Labute approximate surface area is 172 Å². The van der Waals surface area contributed by atoms with Gasteiger partial charge in [0, 0.05) is 26.1 Å². The number of aryl methyl sites for hydroxylation is 2. The number of amides is 1. The predicted octanol–water partition coefficient (Wildman–Crippen LogP) is 2.39. The molecule has 0 N–H and O–H groups in total. The molecule has 8 nitrogen and oxygen atoms in total. The van der Waals surface area contributed by atoms with Crippen molar-refractivity contribution >= 4 is 17.4 Å². The number of piperidine rings is 1. The molecule has 3 aromatic rings. The van der Waals surface area contributed by atoms with E-state index in [4.69, 9.17) is 0 Å². The van der Waals surface area contributed by atoms with Crippen LogP contribution in [0.1, 0.15) is 53.3 Å². The number of rotatable bonds is 5. The molecule has 1 amide bonds. The summed E-state index contributed by atoms with van der Waals surface area (Å²) in [6, 6.07) is 9.58. The van der Waals surface area contributed by atoms with Gasteiger partial charge in [-0.15, -0.1) is 5.10 Å². The van der Waals surface area contributed by atoms with Crippen LogP contribution in [0.3, 0.4) is 0 Å². The molecule has 0 unspecified atom stereocenters. The quantitative estimate of drug-likeness (QED) is 0.642. The Kier molecular flexibility index (Phi) is 5.57. The maximum absolute atomic E-state index is 12.9. The third-order valence-corrected chi connectivity index (χ3v) is 6.10. The highest BCUT2D eigenvalue weighted by molar-refractivity contribution is 7.08. The number of carbonyl (C=O) groups is 1. The Balaban J connectivity index is 1.52. The first-order valence-corrected chi connectivity index (χ1v) is 10.7. The number of likely N-dealkylation sites (tertiary alicyclic amines) is 1. The van der Waals surface area contributed by atoms with Crippen LogP contribution in [0.25, 0.3) is 5.69 Å². The molecular formula is C20H24N6O2S. The Bertz CT molecular complexity index is 1050. The molecule has 4 rings (SSSR count). The van der Waals surface area contributed by atoms with Crippen molar-refractivity contribution in [2.24, 2.45) is 7.05 Å². The van der Waals surface area contributed by atoms with E-state index in [1.807, 2.05) is 35.2 Å². The highest BCUT2D eigenvalue weighted by Crippen LogP contribution is 2.29. The number of para-hydroxylation sites is 1. The van der Waals surface area contributed by atoms with Crippen LogP contribution in [0, 0.1) is 0 Å². The number of aromatic nitrogens is 5. The van der Waals surface area contributed by atoms with E-state index >= 15 is 0 Å². The molecule has 0 radical (unpaired) electrons. The lowest BCUT2D eigenvalue weighted by Gasteiger charge is -2.31. The Morgan fingerprint density at radius 2 is 1.93 bits per heavy atom. The van der Waals surface area contributed by atoms with E-state index in [-0.39, 0.29) is 17.5 Å². The minimum Gasteiger partial charge on any atom is -0.338 e. The average Bonchev–Trinajstić information content (AvgIpc) is 3.33. The predicted molar refractivity (Wildman–Crippen MR) is 111 cm³/mol. The molecule has 1 aliphatic heterocycles. The van der Waals surface area contributed by atoms with Crippen LogP contribution in [0.5, 0.6) is 0 Å². The van der Waals surface area contributed by atoms with Crippen LogP contribution in [-0.4, -0.2) is 47.8 Å². The summed E-state index contributed by atoms with van der Waals surface area (Å²) >= 11 is 1.18. The number of carbonyl (C=O) groups excluding carboxylic acids is 1. The number of nitrogens with zero attached hydrogens (tertiary/aromatic N) is 6. The number of hydrogen-bond acceptors (Lipinski definition) is 6. The van der Waals surface area contributed by atoms with Gasteiger partial charge in [0.15, 0.2) is 0 Å². The first-order valence-electron chi connectivity index (χ1n) is 9.92. The van der Waals surface area contributed by atoms with E-state index in [1.165, 1.54) is 16.2 Å². The van der Waals surface area contributed by atoms with E-state index < -0.39 is 0 Å². The van der Waals surface area contributed by atoms with Gasteiger partial charge in [-0.05, 0) is 42.9 Å². The third kappa shape index (κ3) is 3.74. The van der Waals surface area contributed by atoms with Crippen molar-refractivity contribution < 1.29 is 4.79 Å². The summed E-state index contributed by atoms with van der Waals surface area (Å²) in [6.07, 6.45) is 3.24. The second-order valence-corrected chi connectivity index (χ2v) is 8.05. The van der Waals surface area contributed by atoms with E-state index in [0.29, 0.717) is 18.0 Å². The summed E-state index contributed by atoms with van der Waals surface area (Å²) in [7, 11) is 1.68. The summed E-state index contributed by atoms with van der Waals surface area (Å²) in [6.45, 7) is 3.33. The number of benzene rings is 1. The zero-order valence-corrected chi connectivity index (χ0v) is 17.4. The van der Waals surface area contributed by atoms with Crippen molar-refractivity contribution in [2.75, 3.05) is 13.1 Å². The normalized spacial score (nSPS) is 15.0. The molecule has 0 aliphatic carbocycles. The van der Waals surface area contributed by atoms with Crippen molar-refractivity contribution in [3.63, 3.8) is 0 Å². The Morgan fingerprint density at radius 3 is 2.62 bits per heavy atom. The van der Waals surface area contributed by atoms with Gasteiger partial charge in [-0.3, -0.25) is 4.79 Å². The standard InChI is InChI=1S/C20H24N6O2S/c1-3-7-16-17(29-23-21-16)19(27)25-12-10-14(11-13-25)18-22-24(2)20(28)26(18)15-8-5-4-6-9-15/h4-6,8-9,14H,3,7,10-13H2,1-2H3. The van der Waals surface area contributed by atoms with Crippen LogP contribution in [0.2, 0.25) is 0 Å². The van der Waals surface area contributed by atoms with Gasteiger partial charge in [0.2, 0.25) is 0 Å². The van der Waals surface area contributed by atoms with Crippen molar-refractivity contribution in [3.05, 3.63) is 57.2 Å². The smallest absolute Gasteiger partial charge is 0.338 e. The maximum atomic E-state index is 12.9. The lowest BCUT2D eigenvalue weighted by molar-refractivity contribution is 0.0714. The lowest BCUT2D eigenvalue weighted by Crippen LogP contribution is -2.38. The first kappa shape index (κ1) is 19.5. The minimum absolute atomic E-state index is 0.0170. The molecule has 3 heterocycles. The van der Waals surface area contributed by atoms with Gasteiger partial charge < -0.3 is 4.90 Å². The van der Waals surface area contributed by atoms with Gasteiger partial charge in [0.1, 0.15) is 10.7 Å².